The summed E-state index contributed by atoms with van der Waals surface area (Å²) < 4.78 is 9.60. The molecule has 0 saturated heterocycles. The van der Waals surface area contributed by atoms with E-state index in [0.29, 0.717) is 6.42 Å². The maximum atomic E-state index is 11.7. The second kappa shape index (κ2) is 10.2. The van der Waals surface area contributed by atoms with Crippen molar-refractivity contribution in [3.8, 4) is 0 Å². The van der Waals surface area contributed by atoms with Gasteiger partial charge in [0.15, 0.2) is 6.10 Å². The Labute approximate surface area is 137 Å². The van der Waals surface area contributed by atoms with E-state index < -0.39 is 24.0 Å². The van der Waals surface area contributed by atoms with E-state index in [1.807, 2.05) is 0 Å². The van der Waals surface area contributed by atoms with Gasteiger partial charge in [-0.15, -0.1) is 0 Å². The lowest BCUT2D eigenvalue weighted by atomic mass is 10.1. The predicted molar refractivity (Wildman–Crippen MR) is 86.1 cm³/mol. The van der Waals surface area contributed by atoms with E-state index in [1.54, 1.807) is 0 Å². The van der Waals surface area contributed by atoms with Gasteiger partial charge >= 0.3 is 17.9 Å². The van der Waals surface area contributed by atoms with Crippen LogP contribution in [0.2, 0.25) is 0 Å². The Morgan fingerprint density at radius 1 is 1.00 bits per heavy atom. The van der Waals surface area contributed by atoms with Gasteiger partial charge in [-0.2, -0.15) is 0 Å². The third-order valence-electron chi connectivity index (χ3n) is 3.18. The van der Waals surface area contributed by atoms with Crippen LogP contribution in [0.3, 0.4) is 0 Å². The fourth-order valence-electron chi connectivity index (χ4n) is 1.78. The maximum absolute atomic E-state index is 11.7. The number of unbranched alkanes of at least 4 members (excludes halogenated alkanes) is 4. The van der Waals surface area contributed by atoms with Crippen LogP contribution >= 0.6 is 0 Å². The molecule has 0 rings (SSSR count). The molecule has 0 aliphatic heterocycles. The van der Waals surface area contributed by atoms with Crippen LogP contribution in [-0.2, 0) is 19.1 Å². The molecule has 132 valence electrons. The molecule has 0 fully saturated rings. The summed E-state index contributed by atoms with van der Waals surface area (Å²) in [5.74, 6) is -4.66. The van der Waals surface area contributed by atoms with Crippen LogP contribution < -0.4 is 0 Å². The molecular formula is C17H28O6. The summed E-state index contributed by atoms with van der Waals surface area (Å²) in [6, 6.07) is 0. The first kappa shape index (κ1) is 21.3. The molecule has 6 heteroatoms. The van der Waals surface area contributed by atoms with E-state index in [0.717, 1.165) is 25.7 Å². The minimum absolute atomic E-state index is 0.00500. The summed E-state index contributed by atoms with van der Waals surface area (Å²) in [7, 11) is 0. The molecular weight excluding hydrogens is 300 g/mol. The Bertz CT molecular complexity index is 438. The normalized spacial score (nSPS) is 12.4. The molecule has 0 bridgehead atoms. The average molecular weight is 328 g/mol. The van der Waals surface area contributed by atoms with Crippen LogP contribution in [0.1, 0.15) is 59.3 Å². The van der Waals surface area contributed by atoms with Crippen molar-refractivity contribution in [3.63, 3.8) is 0 Å². The highest BCUT2D eigenvalue weighted by atomic mass is 16.8. The van der Waals surface area contributed by atoms with Crippen LogP contribution in [0.4, 0.5) is 0 Å². The van der Waals surface area contributed by atoms with Gasteiger partial charge in [0.1, 0.15) is 0 Å². The Balaban J connectivity index is 4.85. The maximum Gasteiger partial charge on any atom is 0.363 e. The molecule has 23 heavy (non-hydrogen) atoms. The molecule has 2 N–H and O–H groups in total. The third kappa shape index (κ3) is 8.52. The van der Waals surface area contributed by atoms with Crippen molar-refractivity contribution >= 4 is 11.9 Å². The Kier molecular flexibility index (Phi) is 9.44. The van der Waals surface area contributed by atoms with Crippen molar-refractivity contribution in [2.45, 2.75) is 71.4 Å². The Morgan fingerprint density at radius 2 is 1.52 bits per heavy atom. The number of aliphatic hydroxyl groups is 2. The average Bonchev–Trinajstić information content (AvgIpc) is 2.44. The van der Waals surface area contributed by atoms with Gasteiger partial charge in [-0.1, -0.05) is 45.8 Å². The molecule has 0 aromatic carbocycles. The van der Waals surface area contributed by atoms with Gasteiger partial charge in [0.2, 0.25) is 0 Å². The molecule has 0 aliphatic rings. The van der Waals surface area contributed by atoms with Crippen molar-refractivity contribution in [2.24, 2.45) is 0 Å². The van der Waals surface area contributed by atoms with Crippen LogP contribution in [0.15, 0.2) is 24.3 Å². The minimum atomic E-state index is -2.91. The Hall–Kier alpha value is -1.66. The van der Waals surface area contributed by atoms with E-state index >= 15 is 0 Å². The molecule has 0 amide bonds. The number of hydrogen-bond donors (Lipinski definition) is 2. The van der Waals surface area contributed by atoms with Gasteiger partial charge in [-0.05, 0) is 26.7 Å². The second-order valence-corrected chi connectivity index (χ2v) is 5.71. The van der Waals surface area contributed by atoms with E-state index in [1.165, 1.54) is 13.8 Å². The first-order chi connectivity index (χ1) is 10.6. The number of carbonyl (C=O) groups excluding carboxylic acids is 2. The first-order valence-electron chi connectivity index (χ1n) is 7.81. The molecule has 0 aliphatic carbocycles. The molecule has 0 saturated carbocycles. The molecule has 1 atom stereocenters. The fraction of sp³-hybridized carbons (Fsp3) is 0.647. The number of ether oxygens (including phenoxy) is 2. The van der Waals surface area contributed by atoms with Gasteiger partial charge in [-0.3, -0.25) is 0 Å². The van der Waals surface area contributed by atoms with Gasteiger partial charge in [0.25, 0.3) is 0 Å². The summed E-state index contributed by atoms with van der Waals surface area (Å²) in [4.78, 5) is 23.2. The number of carbonyl (C=O) groups is 2. The smallest absolute Gasteiger partial charge is 0.363 e. The summed E-state index contributed by atoms with van der Waals surface area (Å²) >= 11 is 0. The van der Waals surface area contributed by atoms with Gasteiger partial charge in [0.05, 0.1) is 0 Å². The number of rotatable bonds is 11. The van der Waals surface area contributed by atoms with Gasteiger partial charge in [-0.25, -0.2) is 9.59 Å². The lowest BCUT2D eigenvalue weighted by Crippen LogP contribution is -2.48. The van der Waals surface area contributed by atoms with Crippen molar-refractivity contribution in [3.05, 3.63) is 24.3 Å². The highest BCUT2D eigenvalue weighted by molar-refractivity contribution is 5.88. The van der Waals surface area contributed by atoms with Crippen molar-refractivity contribution < 1.29 is 29.3 Å². The van der Waals surface area contributed by atoms with Crippen LogP contribution in [0, 0.1) is 0 Å². The molecule has 0 aromatic rings. The number of hydrogen-bond acceptors (Lipinski definition) is 6. The molecule has 6 nitrogen and oxygen atoms in total. The van der Waals surface area contributed by atoms with E-state index in [2.05, 4.69) is 24.8 Å². The highest BCUT2D eigenvalue weighted by Crippen LogP contribution is 2.22. The van der Waals surface area contributed by atoms with E-state index in [-0.39, 0.29) is 17.6 Å². The standard InChI is InChI=1S/C17H28O6/c1-6-7-8-9-10-11-14(22-15(18)12(2)3)17(20,21)23-16(19)13(4)5/h14,20-21H,2,4,6-11H2,1,3,5H3. The van der Waals surface area contributed by atoms with Crippen molar-refractivity contribution in [1.82, 2.24) is 0 Å². The zero-order valence-electron chi connectivity index (χ0n) is 14.3. The zero-order chi connectivity index (χ0) is 18.0. The lowest BCUT2D eigenvalue weighted by molar-refractivity contribution is -0.358. The SMILES string of the molecule is C=C(C)C(=O)OC(CCCCCCC)C(O)(O)OC(=O)C(=C)C. The van der Waals surface area contributed by atoms with Gasteiger partial charge in [0, 0.05) is 11.1 Å². The summed E-state index contributed by atoms with van der Waals surface area (Å²) in [6.07, 6.45) is 3.35. The topological polar surface area (TPSA) is 93.1 Å². The monoisotopic (exact) mass is 328 g/mol. The number of esters is 2. The van der Waals surface area contributed by atoms with E-state index in [9.17, 15) is 19.8 Å². The molecule has 0 spiro atoms. The van der Waals surface area contributed by atoms with Crippen LogP contribution in [0.5, 0.6) is 0 Å². The fourth-order valence-corrected chi connectivity index (χ4v) is 1.78. The molecule has 0 heterocycles. The molecule has 0 radical (unpaired) electrons. The molecule has 1 unspecified atom stereocenters. The lowest BCUT2D eigenvalue weighted by Gasteiger charge is -2.30. The molecule has 0 aromatic heterocycles. The van der Waals surface area contributed by atoms with Gasteiger partial charge < -0.3 is 19.7 Å². The third-order valence-corrected chi connectivity index (χ3v) is 3.18. The zero-order valence-corrected chi connectivity index (χ0v) is 14.3. The summed E-state index contributed by atoms with van der Waals surface area (Å²) in [5.41, 5.74) is 0.119. The summed E-state index contributed by atoms with van der Waals surface area (Å²) in [5, 5.41) is 20.0. The quantitative estimate of drug-likeness (QED) is 0.262. The predicted octanol–water partition coefficient (Wildman–Crippen LogP) is 2.59. The van der Waals surface area contributed by atoms with E-state index in [4.69, 9.17) is 4.74 Å². The first-order valence-corrected chi connectivity index (χ1v) is 7.81. The second-order valence-electron chi connectivity index (χ2n) is 5.71. The van der Waals surface area contributed by atoms with Crippen molar-refractivity contribution in [2.75, 3.05) is 0 Å². The van der Waals surface area contributed by atoms with Crippen molar-refractivity contribution in [1.29, 1.82) is 0 Å². The van der Waals surface area contributed by atoms with Crippen LogP contribution in [-0.4, -0.2) is 34.2 Å². The largest absolute Gasteiger partial charge is 0.449 e. The minimum Gasteiger partial charge on any atom is -0.449 e. The summed E-state index contributed by atoms with van der Waals surface area (Å²) in [6.45, 7) is 11.7. The highest BCUT2D eigenvalue weighted by Gasteiger charge is 2.42. The van der Waals surface area contributed by atoms with Crippen LogP contribution in [0.25, 0.3) is 0 Å². The Morgan fingerprint density at radius 3 is 2.00 bits per heavy atom.